The summed E-state index contributed by atoms with van der Waals surface area (Å²) in [6, 6.07) is -0.755. The third-order valence-corrected chi connectivity index (χ3v) is 2.39. The molecule has 1 atom stereocenters. The standard InChI is InChI=1S/C10H18N4O2/c1-14-6-5-13-9(14)7-12-4-2-3-8(11)10(15)16/h5-6,8,12H,2-4,7,11H2,1H3,(H,15,16)/t8-/m0/s1. The Morgan fingerprint density at radius 1 is 1.75 bits per heavy atom. The van der Waals surface area contributed by atoms with Crippen molar-refractivity contribution in [2.24, 2.45) is 12.8 Å². The summed E-state index contributed by atoms with van der Waals surface area (Å²) in [5.74, 6) is 0.0200. The normalized spacial score (nSPS) is 12.6. The molecule has 1 rings (SSSR count). The minimum absolute atomic E-state index is 0.489. The maximum Gasteiger partial charge on any atom is 0.320 e. The molecule has 0 aliphatic heterocycles. The molecule has 0 saturated heterocycles. The van der Waals surface area contributed by atoms with Gasteiger partial charge >= 0.3 is 5.97 Å². The summed E-state index contributed by atoms with van der Waals surface area (Å²) < 4.78 is 1.94. The Balaban J connectivity index is 2.09. The molecule has 1 aromatic rings. The first-order chi connectivity index (χ1) is 7.61. The van der Waals surface area contributed by atoms with Crippen molar-refractivity contribution in [1.29, 1.82) is 0 Å². The number of aryl methyl sites for hydroxylation is 1. The summed E-state index contributed by atoms with van der Waals surface area (Å²) in [5, 5.41) is 11.8. The van der Waals surface area contributed by atoms with Crippen molar-refractivity contribution < 1.29 is 9.90 Å². The van der Waals surface area contributed by atoms with Crippen LogP contribution in [-0.4, -0.2) is 33.2 Å². The van der Waals surface area contributed by atoms with Crippen LogP contribution in [0.4, 0.5) is 0 Å². The van der Waals surface area contributed by atoms with Crippen molar-refractivity contribution in [1.82, 2.24) is 14.9 Å². The molecule has 16 heavy (non-hydrogen) atoms. The highest BCUT2D eigenvalue weighted by molar-refractivity contribution is 5.72. The van der Waals surface area contributed by atoms with Crippen molar-refractivity contribution in [2.75, 3.05) is 6.54 Å². The number of hydrogen-bond donors (Lipinski definition) is 3. The van der Waals surface area contributed by atoms with Crippen molar-refractivity contribution >= 4 is 5.97 Å². The van der Waals surface area contributed by atoms with Crippen LogP contribution in [0.1, 0.15) is 18.7 Å². The van der Waals surface area contributed by atoms with Crippen LogP contribution in [0.15, 0.2) is 12.4 Å². The fraction of sp³-hybridized carbons (Fsp3) is 0.600. The Kier molecular flexibility index (Phi) is 4.94. The van der Waals surface area contributed by atoms with Crippen LogP contribution in [0.2, 0.25) is 0 Å². The van der Waals surface area contributed by atoms with Gasteiger partial charge in [0.25, 0.3) is 0 Å². The molecular weight excluding hydrogens is 208 g/mol. The molecule has 6 heteroatoms. The Morgan fingerprint density at radius 3 is 3.06 bits per heavy atom. The van der Waals surface area contributed by atoms with E-state index in [-0.39, 0.29) is 0 Å². The van der Waals surface area contributed by atoms with E-state index in [1.54, 1.807) is 6.20 Å². The fourth-order valence-corrected chi connectivity index (χ4v) is 1.34. The fourth-order valence-electron chi connectivity index (χ4n) is 1.34. The summed E-state index contributed by atoms with van der Waals surface area (Å²) in [5.41, 5.74) is 5.37. The Morgan fingerprint density at radius 2 is 2.50 bits per heavy atom. The van der Waals surface area contributed by atoms with Gasteiger partial charge in [-0.1, -0.05) is 0 Å². The van der Waals surface area contributed by atoms with Crippen LogP contribution >= 0.6 is 0 Å². The number of rotatable bonds is 7. The highest BCUT2D eigenvalue weighted by atomic mass is 16.4. The quantitative estimate of drug-likeness (QED) is 0.555. The van der Waals surface area contributed by atoms with Gasteiger partial charge in [-0.2, -0.15) is 0 Å². The van der Waals surface area contributed by atoms with E-state index >= 15 is 0 Å². The summed E-state index contributed by atoms with van der Waals surface area (Å²) >= 11 is 0. The summed E-state index contributed by atoms with van der Waals surface area (Å²) in [6.45, 7) is 1.43. The number of nitrogens with zero attached hydrogens (tertiary/aromatic N) is 2. The minimum Gasteiger partial charge on any atom is -0.480 e. The van der Waals surface area contributed by atoms with E-state index in [0.717, 1.165) is 18.8 Å². The topological polar surface area (TPSA) is 93.2 Å². The maximum atomic E-state index is 10.4. The van der Waals surface area contributed by atoms with Gasteiger partial charge in [0.1, 0.15) is 11.9 Å². The second-order valence-electron chi connectivity index (χ2n) is 3.72. The molecule has 0 aromatic carbocycles. The lowest BCUT2D eigenvalue weighted by Crippen LogP contribution is -2.31. The molecular formula is C10H18N4O2. The number of carbonyl (C=O) groups is 1. The van der Waals surface area contributed by atoms with Crippen LogP contribution in [0.5, 0.6) is 0 Å². The molecule has 0 amide bonds. The Bertz CT molecular complexity index is 337. The van der Waals surface area contributed by atoms with Gasteiger partial charge in [0.2, 0.25) is 0 Å². The largest absolute Gasteiger partial charge is 0.480 e. The first kappa shape index (κ1) is 12.7. The molecule has 0 spiro atoms. The molecule has 0 aliphatic carbocycles. The predicted octanol–water partition coefficient (Wildman–Crippen LogP) is -0.298. The van der Waals surface area contributed by atoms with E-state index in [1.165, 1.54) is 0 Å². The molecule has 0 bridgehead atoms. The van der Waals surface area contributed by atoms with E-state index in [1.807, 2.05) is 17.8 Å². The lowest BCUT2D eigenvalue weighted by atomic mass is 10.2. The zero-order chi connectivity index (χ0) is 12.0. The number of carboxylic acids is 1. The lowest BCUT2D eigenvalue weighted by molar-refractivity contribution is -0.138. The molecule has 0 aliphatic rings. The van der Waals surface area contributed by atoms with Gasteiger partial charge in [0.15, 0.2) is 0 Å². The van der Waals surface area contributed by atoms with Crippen molar-refractivity contribution in [2.45, 2.75) is 25.4 Å². The van der Waals surface area contributed by atoms with Crippen LogP contribution in [0.25, 0.3) is 0 Å². The van der Waals surface area contributed by atoms with Gasteiger partial charge in [0, 0.05) is 19.4 Å². The van der Waals surface area contributed by atoms with E-state index in [0.29, 0.717) is 13.0 Å². The van der Waals surface area contributed by atoms with Gasteiger partial charge < -0.3 is 20.7 Å². The van der Waals surface area contributed by atoms with Gasteiger partial charge in [-0.25, -0.2) is 4.98 Å². The van der Waals surface area contributed by atoms with E-state index in [2.05, 4.69) is 10.3 Å². The number of carboxylic acid groups (broad SMARTS) is 1. The number of nitrogens with one attached hydrogen (secondary N) is 1. The van der Waals surface area contributed by atoms with E-state index in [9.17, 15) is 4.79 Å². The molecule has 0 fully saturated rings. The smallest absolute Gasteiger partial charge is 0.320 e. The zero-order valence-corrected chi connectivity index (χ0v) is 9.39. The van der Waals surface area contributed by atoms with Crippen LogP contribution in [0, 0.1) is 0 Å². The maximum absolute atomic E-state index is 10.4. The second-order valence-corrected chi connectivity index (χ2v) is 3.72. The number of imidazole rings is 1. The van der Waals surface area contributed by atoms with Crippen LogP contribution < -0.4 is 11.1 Å². The molecule has 0 radical (unpaired) electrons. The molecule has 1 aromatic heterocycles. The average Bonchev–Trinajstić information content (AvgIpc) is 2.63. The lowest BCUT2D eigenvalue weighted by Gasteiger charge is -2.07. The second kappa shape index (κ2) is 6.24. The first-order valence-corrected chi connectivity index (χ1v) is 5.26. The molecule has 1 heterocycles. The third kappa shape index (κ3) is 4.00. The SMILES string of the molecule is Cn1ccnc1CNCCC[C@H](N)C(=O)O. The van der Waals surface area contributed by atoms with Crippen LogP contribution in [0.3, 0.4) is 0 Å². The van der Waals surface area contributed by atoms with Gasteiger partial charge in [0.05, 0.1) is 6.54 Å². The Hall–Kier alpha value is -1.40. The Labute approximate surface area is 94.5 Å². The predicted molar refractivity (Wildman–Crippen MR) is 59.8 cm³/mol. The van der Waals surface area contributed by atoms with Gasteiger partial charge in [-0.05, 0) is 19.4 Å². The highest BCUT2D eigenvalue weighted by Crippen LogP contribution is 1.95. The zero-order valence-electron chi connectivity index (χ0n) is 9.39. The molecule has 6 nitrogen and oxygen atoms in total. The van der Waals surface area contributed by atoms with E-state index in [4.69, 9.17) is 10.8 Å². The molecule has 4 N–H and O–H groups in total. The molecule has 90 valence electrons. The summed E-state index contributed by atoms with van der Waals surface area (Å²) in [4.78, 5) is 14.6. The van der Waals surface area contributed by atoms with E-state index < -0.39 is 12.0 Å². The summed E-state index contributed by atoms with van der Waals surface area (Å²) in [7, 11) is 1.93. The average molecular weight is 226 g/mol. The molecule has 0 unspecified atom stereocenters. The first-order valence-electron chi connectivity index (χ1n) is 5.26. The van der Waals surface area contributed by atoms with Crippen LogP contribution in [-0.2, 0) is 18.4 Å². The van der Waals surface area contributed by atoms with Crippen molar-refractivity contribution in [3.63, 3.8) is 0 Å². The van der Waals surface area contributed by atoms with Crippen molar-refractivity contribution in [3.05, 3.63) is 18.2 Å². The minimum atomic E-state index is -0.941. The third-order valence-electron chi connectivity index (χ3n) is 2.39. The monoisotopic (exact) mass is 226 g/mol. The molecule has 0 saturated carbocycles. The number of nitrogens with two attached hydrogens (primary N) is 1. The number of aliphatic carboxylic acids is 1. The summed E-state index contributed by atoms with van der Waals surface area (Å²) in [6.07, 6.45) is 4.87. The highest BCUT2D eigenvalue weighted by Gasteiger charge is 2.09. The number of hydrogen-bond acceptors (Lipinski definition) is 4. The van der Waals surface area contributed by atoms with Crippen molar-refractivity contribution in [3.8, 4) is 0 Å². The van der Waals surface area contributed by atoms with Gasteiger partial charge in [-0.3, -0.25) is 4.79 Å². The number of aromatic nitrogens is 2. The van der Waals surface area contributed by atoms with Gasteiger partial charge in [-0.15, -0.1) is 0 Å².